The molecule has 2 rings (SSSR count). The van der Waals surface area contributed by atoms with Gasteiger partial charge in [-0.15, -0.1) is 0 Å². The highest BCUT2D eigenvalue weighted by Crippen LogP contribution is 2.34. The van der Waals surface area contributed by atoms with Gasteiger partial charge < -0.3 is 20.1 Å². The van der Waals surface area contributed by atoms with E-state index in [1.54, 1.807) is 6.07 Å². The predicted octanol–water partition coefficient (Wildman–Crippen LogP) is 2.80. The Morgan fingerprint density at radius 2 is 2.19 bits per heavy atom. The molecule has 7 heteroatoms. The van der Waals surface area contributed by atoms with Crippen molar-refractivity contribution in [3.05, 3.63) is 16.1 Å². The number of nitrogens with zero attached hydrogens (tertiary/aromatic N) is 2. The molecule has 118 valence electrons. The van der Waals surface area contributed by atoms with E-state index in [0.717, 1.165) is 6.54 Å². The fraction of sp³-hybridized carbons (Fsp3) is 0.643. The first kappa shape index (κ1) is 16.6. The monoisotopic (exact) mass is 333 g/mol. The Morgan fingerprint density at radius 1 is 1.48 bits per heavy atom. The van der Waals surface area contributed by atoms with Crippen LogP contribution in [0.3, 0.4) is 0 Å². The van der Waals surface area contributed by atoms with Gasteiger partial charge in [0.1, 0.15) is 11.6 Å². The van der Waals surface area contributed by atoms with Crippen molar-refractivity contribution in [2.45, 2.75) is 32.5 Å². The highest BCUT2D eigenvalue weighted by atomic mass is 35.5. The molecule has 1 aliphatic heterocycles. The maximum absolute atomic E-state index is 9.40. The van der Waals surface area contributed by atoms with Gasteiger partial charge in [-0.25, -0.2) is 4.98 Å². The maximum atomic E-state index is 9.40. The summed E-state index contributed by atoms with van der Waals surface area (Å²) in [5.74, 6) is 1.27. The summed E-state index contributed by atoms with van der Waals surface area (Å²) in [6, 6.07) is 1.69. The lowest BCUT2D eigenvalue weighted by atomic mass is 10.1. The van der Waals surface area contributed by atoms with E-state index in [1.807, 2.05) is 25.7 Å². The van der Waals surface area contributed by atoms with Gasteiger partial charge in [0, 0.05) is 19.6 Å². The van der Waals surface area contributed by atoms with Crippen LogP contribution in [0.15, 0.2) is 6.07 Å². The summed E-state index contributed by atoms with van der Waals surface area (Å²) in [4.78, 5) is 6.56. The highest BCUT2D eigenvalue weighted by molar-refractivity contribution is 6.37. The van der Waals surface area contributed by atoms with Crippen molar-refractivity contribution in [1.82, 2.24) is 4.98 Å². The first-order chi connectivity index (χ1) is 9.86. The SMILES string of the molecule is CCNc1nc(N2CC(CO)OC(C)(C)C2)c(Cl)cc1Cl. The van der Waals surface area contributed by atoms with Crippen LogP contribution in [0.5, 0.6) is 0 Å². The quantitative estimate of drug-likeness (QED) is 0.887. The minimum Gasteiger partial charge on any atom is -0.394 e. The van der Waals surface area contributed by atoms with Crippen LogP contribution >= 0.6 is 23.2 Å². The molecule has 0 radical (unpaired) electrons. The van der Waals surface area contributed by atoms with Crippen LogP contribution in [0.1, 0.15) is 20.8 Å². The molecule has 2 heterocycles. The third-order valence-corrected chi connectivity index (χ3v) is 3.81. The molecule has 1 fully saturated rings. The van der Waals surface area contributed by atoms with Gasteiger partial charge in [0.15, 0.2) is 0 Å². The fourth-order valence-corrected chi connectivity index (χ4v) is 3.07. The second-order valence-corrected chi connectivity index (χ2v) is 6.53. The lowest BCUT2D eigenvalue weighted by molar-refractivity contribution is -0.101. The largest absolute Gasteiger partial charge is 0.394 e. The second kappa shape index (κ2) is 6.57. The average molecular weight is 334 g/mol. The molecule has 1 saturated heterocycles. The number of pyridine rings is 1. The van der Waals surface area contributed by atoms with E-state index in [2.05, 4.69) is 10.3 Å². The number of anilines is 2. The number of rotatable bonds is 4. The predicted molar refractivity (Wildman–Crippen MR) is 86.7 cm³/mol. The zero-order valence-corrected chi connectivity index (χ0v) is 14.0. The molecule has 1 atom stereocenters. The minimum atomic E-state index is -0.380. The third-order valence-electron chi connectivity index (χ3n) is 3.24. The van der Waals surface area contributed by atoms with Crippen molar-refractivity contribution in [3.8, 4) is 0 Å². The van der Waals surface area contributed by atoms with Crippen molar-refractivity contribution in [2.75, 3.05) is 36.5 Å². The molecule has 5 nitrogen and oxygen atoms in total. The van der Waals surface area contributed by atoms with Gasteiger partial charge in [0.25, 0.3) is 0 Å². The number of aliphatic hydroxyl groups is 1. The lowest BCUT2D eigenvalue weighted by Crippen LogP contribution is -2.54. The topological polar surface area (TPSA) is 57.6 Å². The number of morpholine rings is 1. The van der Waals surface area contributed by atoms with Gasteiger partial charge >= 0.3 is 0 Å². The Morgan fingerprint density at radius 3 is 2.81 bits per heavy atom. The molecule has 0 amide bonds. The van der Waals surface area contributed by atoms with Gasteiger partial charge in [-0.3, -0.25) is 0 Å². The van der Waals surface area contributed by atoms with Crippen molar-refractivity contribution in [3.63, 3.8) is 0 Å². The van der Waals surface area contributed by atoms with E-state index < -0.39 is 0 Å². The summed E-state index contributed by atoms with van der Waals surface area (Å²) in [6.07, 6.45) is -0.259. The minimum absolute atomic E-state index is 0.0365. The van der Waals surface area contributed by atoms with Gasteiger partial charge in [-0.05, 0) is 26.8 Å². The summed E-state index contributed by atoms with van der Waals surface area (Å²) < 4.78 is 5.81. The maximum Gasteiger partial charge on any atom is 0.150 e. The van der Waals surface area contributed by atoms with E-state index in [9.17, 15) is 5.11 Å². The van der Waals surface area contributed by atoms with Gasteiger partial charge in [-0.2, -0.15) is 0 Å². The molecule has 1 aromatic rings. The Hall–Kier alpha value is -0.750. The molecular formula is C14H21Cl2N3O2. The molecule has 2 N–H and O–H groups in total. The standard InChI is InChI=1S/C14H21Cl2N3O2/c1-4-17-12-10(15)5-11(16)13(18-12)19-6-9(7-20)21-14(2,3)8-19/h5,9,20H,4,6-8H2,1-3H3,(H,17,18). The van der Waals surface area contributed by atoms with Crippen molar-refractivity contribution in [1.29, 1.82) is 0 Å². The molecule has 1 aliphatic rings. The van der Waals surface area contributed by atoms with Crippen LogP contribution in [-0.4, -0.2) is 48.0 Å². The van der Waals surface area contributed by atoms with Gasteiger partial charge in [-0.1, -0.05) is 23.2 Å². The number of nitrogens with one attached hydrogen (secondary N) is 1. The lowest BCUT2D eigenvalue weighted by Gasteiger charge is -2.43. The Labute approximate surface area is 135 Å². The Bertz CT molecular complexity index is 511. The van der Waals surface area contributed by atoms with E-state index in [0.29, 0.717) is 34.8 Å². The fourth-order valence-electron chi connectivity index (χ4n) is 2.52. The number of aliphatic hydroxyl groups excluding tert-OH is 1. The molecule has 0 aromatic carbocycles. The Balaban J connectivity index is 2.33. The molecular weight excluding hydrogens is 313 g/mol. The number of aromatic nitrogens is 1. The van der Waals surface area contributed by atoms with Crippen LogP contribution in [0.25, 0.3) is 0 Å². The molecule has 0 spiro atoms. The number of ether oxygens (including phenoxy) is 1. The number of hydrogen-bond donors (Lipinski definition) is 2. The van der Waals surface area contributed by atoms with Crippen molar-refractivity contribution >= 4 is 34.8 Å². The second-order valence-electron chi connectivity index (χ2n) is 5.72. The van der Waals surface area contributed by atoms with Crippen LogP contribution in [0, 0.1) is 0 Å². The smallest absolute Gasteiger partial charge is 0.150 e. The van der Waals surface area contributed by atoms with E-state index in [4.69, 9.17) is 27.9 Å². The zero-order chi connectivity index (χ0) is 15.6. The van der Waals surface area contributed by atoms with E-state index in [1.165, 1.54) is 0 Å². The summed E-state index contributed by atoms with van der Waals surface area (Å²) >= 11 is 12.4. The summed E-state index contributed by atoms with van der Waals surface area (Å²) in [7, 11) is 0. The third kappa shape index (κ3) is 3.92. The first-order valence-electron chi connectivity index (χ1n) is 7.00. The van der Waals surface area contributed by atoms with Crippen LogP contribution in [-0.2, 0) is 4.74 Å². The van der Waals surface area contributed by atoms with Crippen LogP contribution in [0.4, 0.5) is 11.6 Å². The highest BCUT2D eigenvalue weighted by Gasteiger charge is 2.34. The Kier molecular flexibility index (Phi) is 5.20. The molecule has 0 saturated carbocycles. The van der Waals surface area contributed by atoms with Crippen molar-refractivity contribution in [2.24, 2.45) is 0 Å². The first-order valence-corrected chi connectivity index (χ1v) is 7.75. The van der Waals surface area contributed by atoms with Crippen LogP contribution < -0.4 is 10.2 Å². The molecule has 21 heavy (non-hydrogen) atoms. The van der Waals surface area contributed by atoms with Gasteiger partial charge in [0.05, 0.1) is 28.4 Å². The number of halogens is 2. The zero-order valence-electron chi connectivity index (χ0n) is 12.5. The van der Waals surface area contributed by atoms with Crippen molar-refractivity contribution < 1.29 is 9.84 Å². The summed E-state index contributed by atoms with van der Waals surface area (Å²) in [5.41, 5.74) is -0.380. The van der Waals surface area contributed by atoms with Crippen LogP contribution in [0.2, 0.25) is 10.0 Å². The van der Waals surface area contributed by atoms with Gasteiger partial charge in [0.2, 0.25) is 0 Å². The normalized spacial score (nSPS) is 21.4. The van der Waals surface area contributed by atoms with E-state index >= 15 is 0 Å². The summed E-state index contributed by atoms with van der Waals surface area (Å²) in [5, 5.41) is 13.5. The molecule has 0 bridgehead atoms. The molecule has 1 unspecified atom stereocenters. The molecule has 0 aliphatic carbocycles. The average Bonchev–Trinajstić information content (AvgIpc) is 2.40. The summed E-state index contributed by atoms with van der Waals surface area (Å²) in [6.45, 7) is 7.82. The molecule has 1 aromatic heterocycles. The number of hydrogen-bond acceptors (Lipinski definition) is 5. The van der Waals surface area contributed by atoms with E-state index in [-0.39, 0.29) is 18.3 Å².